The number of carbonyl (C=O) groups excluding carboxylic acids is 1. The molecular weight excluding hydrogens is 338 g/mol. The largest absolute Gasteiger partial charge is 0.347 e. The van der Waals surface area contributed by atoms with Crippen LogP contribution in [0.15, 0.2) is 42.7 Å². The molecule has 0 N–H and O–H groups in total. The summed E-state index contributed by atoms with van der Waals surface area (Å²) >= 11 is 0. The zero-order valence-electron chi connectivity index (χ0n) is 16.1. The average Bonchev–Trinajstić information content (AvgIpc) is 3.24. The smallest absolute Gasteiger partial charge is 0.223 e. The minimum Gasteiger partial charge on any atom is -0.347 e. The molecule has 0 fully saturated rings. The number of nitrogens with zero attached hydrogens (tertiary/aromatic N) is 5. The van der Waals surface area contributed by atoms with Crippen LogP contribution in [0, 0.1) is 13.8 Å². The Balaban J connectivity index is 1.59. The second-order valence-electron chi connectivity index (χ2n) is 7.14. The molecule has 1 aliphatic heterocycles. The fourth-order valence-electron chi connectivity index (χ4n) is 4.06. The molecule has 0 spiro atoms. The lowest BCUT2D eigenvalue weighted by Crippen LogP contribution is -2.42. The van der Waals surface area contributed by atoms with Crippen LogP contribution >= 0.6 is 0 Å². The quantitative estimate of drug-likeness (QED) is 0.716. The predicted octanol–water partition coefficient (Wildman–Crippen LogP) is 2.80. The second kappa shape index (κ2) is 7.02. The number of hydrogen-bond donors (Lipinski definition) is 0. The van der Waals surface area contributed by atoms with Crippen LogP contribution in [0.3, 0.4) is 0 Å². The summed E-state index contributed by atoms with van der Waals surface area (Å²) in [5, 5.41) is 4.46. The van der Waals surface area contributed by atoms with Gasteiger partial charge < -0.3 is 9.47 Å². The van der Waals surface area contributed by atoms with Crippen LogP contribution in [-0.2, 0) is 24.8 Å². The molecule has 27 heavy (non-hydrogen) atoms. The summed E-state index contributed by atoms with van der Waals surface area (Å²) in [4.78, 5) is 19.7. The molecule has 1 aliphatic rings. The molecule has 0 radical (unpaired) electrons. The molecule has 1 unspecified atom stereocenters. The molecule has 1 amide bonds. The van der Waals surface area contributed by atoms with Crippen molar-refractivity contribution in [2.45, 2.75) is 39.3 Å². The number of pyridine rings is 1. The molecule has 0 aromatic carbocycles. The van der Waals surface area contributed by atoms with E-state index in [2.05, 4.69) is 33.8 Å². The zero-order chi connectivity index (χ0) is 19.0. The lowest BCUT2D eigenvalue weighted by Gasteiger charge is -2.36. The van der Waals surface area contributed by atoms with E-state index in [9.17, 15) is 4.79 Å². The van der Waals surface area contributed by atoms with Gasteiger partial charge in [0.05, 0.1) is 11.4 Å². The maximum atomic E-state index is 13.2. The van der Waals surface area contributed by atoms with Crippen molar-refractivity contribution in [3.8, 4) is 0 Å². The normalized spacial score (nSPS) is 16.4. The number of amides is 1. The van der Waals surface area contributed by atoms with E-state index in [1.54, 1.807) is 6.20 Å². The zero-order valence-corrected chi connectivity index (χ0v) is 16.1. The minimum atomic E-state index is -0.126. The van der Waals surface area contributed by atoms with Gasteiger partial charge in [-0.1, -0.05) is 6.07 Å². The van der Waals surface area contributed by atoms with E-state index in [1.807, 2.05) is 47.8 Å². The third kappa shape index (κ3) is 3.16. The highest BCUT2D eigenvalue weighted by molar-refractivity contribution is 5.77. The van der Waals surface area contributed by atoms with Crippen molar-refractivity contribution in [2.75, 3.05) is 6.54 Å². The van der Waals surface area contributed by atoms with Crippen LogP contribution in [0.2, 0.25) is 0 Å². The lowest BCUT2D eigenvalue weighted by molar-refractivity contribution is -0.134. The first kappa shape index (κ1) is 17.5. The molecule has 0 saturated heterocycles. The first-order valence-electron chi connectivity index (χ1n) is 9.40. The third-order valence-electron chi connectivity index (χ3n) is 5.57. The lowest BCUT2D eigenvalue weighted by atomic mass is 10.0. The van der Waals surface area contributed by atoms with Crippen molar-refractivity contribution in [3.05, 3.63) is 71.1 Å². The van der Waals surface area contributed by atoms with Crippen LogP contribution in [0.1, 0.15) is 40.8 Å². The fourth-order valence-corrected chi connectivity index (χ4v) is 4.06. The Morgan fingerprint density at radius 2 is 2.04 bits per heavy atom. The highest BCUT2D eigenvalue weighted by Gasteiger charge is 2.32. The highest BCUT2D eigenvalue weighted by Crippen LogP contribution is 2.32. The van der Waals surface area contributed by atoms with Crippen LogP contribution < -0.4 is 0 Å². The maximum Gasteiger partial charge on any atom is 0.223 e. The molecule has 1 atom stereocenters. The van der Waals surface area contributed by atoms with Crippen molar-refractivity contribution in [1.29, 1.82) is 0 Å². The molecule has 4 rings (SSSR count). The van der Waals surface area contributed by atoms with Gasteiger partial charge in [0.1, 0.15) is 6.04 Å². The van der Waals surface area contributed by atoms with E-state index in [0.29, 0.717) is 13.0 Å². The maximum absolute atomic E-state index is 13.2. The summed E-state index contributed by atoms with van der Waals surface area (Å²) in [6, 6.07) is 9.90. The van der Waals surface area contributed by atoms with E-state index >= 15 is 0 Å². The average molecular weight is 363 g/mol. The van der Waals surface area contributed by atoms with Crippen LogP contribution in [0.4, 0.5) is 0 Å². The van der Waals surface area contributed by atoms with Gasteiger partial charge in [0.25, 0.3) is 0 Å². The predicted molar refractivity (Wildman–Crippen MR) is 103 cm³/mol. The van der Waals surface area contributed by atoms with Gasteiger partial charge in [-0.25, -0.2) is 0 Å². The van der Waals surface area contributed by atoms with Crippen LogP contribution in [0.25, 0.3) is 0 Å². The summed E-state index contributed by atoms with van der Waals surface area (Å²) < 4.78 is 4.11. The number of carbonyl (C=O) groups is 1. The standard InChI is InChI=1S/C21H25N5O/c1-15-17(16(2)24(3)23-15)9-10-20(27)26-14-13-25-12-6-8-19(25)21(26)18-7-4-5-11-22-18/h4-8,11-12,21H,9-10,13-14H2,1-3H3. The van der Waals surface area contributed by atoms with Gasteiger partial charge in [-0.2, -0.15) is 5.10 Å². The van der Waals surface area contributed by atoms with E-state index < -0.39 is 0 Å². The van der Waals surface area contributed by atoms with Crippen molar-refractivity contribution in [2.24, 2.45) is 7.05 Å². The van der Waals surface area contributed by atoms with Gasteiger partial charge in [0.15, 0.2) is 0 Å². The minimum absolute atomic E-state index is 0.126. The molecule has 140 valence electrons. The Kier molecular flexibility index (Phi) is 4.56. The van der Waals surface area contributed by atoms with Gasteiger partial charge in [0, 0.05) is 50.3 Å². The van der Waals surface area contributed by atoms with Gasteiger partial charge in [-0.3, -0.25) is 14.5 Å². The van der Waals surface area contributed by atoms with E-state index in [0.717, 1.165) is 35.7 Å². The first-order valence-corrected chi connectivity index (χ1v) is 9.40. The Morgan fingerprint density at radius 1 is 1.19 bits per heavy atom. The van der Waals surface area contributed by atoms with Gasteiger partial charge in [0.2, 0.25) is 5.91 Å². The molecule has 6 heteroatoms. The van der Waals surface area contributed by atoms with E-state index in [1.165, 1.54) is 5.56 Å². The van der Waals surface area contributed by atoms with E-state index in [4.69, 9.17) is 0 Å². The number of aromatic nitrogens is 4. The highest BCUT2D eigenvalue weighted by atomic mass is 16.2. The fraction of sp³-hybridized carbons (Fsp3) is 0.381. The Bertz CT molecular complexity index is 956. The van der Waals surface area contributed by atoms with Crippen molar-refractivity contribution in [3.63, 3.8) is 0 Å². The van der Waals surface area contributed by atoms with Gasteiger partial charge in [-0.05, 0) is 50.1 Å². The number of rotatable bonds is 4. The number of aryl methyl sites for hydroxylation is 2. The van der Waals surface area contributed by atoms with Crippen molar-refractivity contribution in [1.82, 2.24) is 24.2 Å². The summed E-state index contributed by atoms with van der Waals surface area (Å²) in [7, 11) is 1.95. The molecule has 0 aliphatic carbocycles. The summed E-state index contributed by atoms with van der Waals surface area (Å²) in [5.74, 6) is 0.167. The van der Waals surface area contributed by atoms with Crippen LogP contribution in [0.5, 0.6) is 0 Å². The SMILES string of the molecule is Cc1nn(C)c(C)c1CCC(=O)N1CCn2cccc2C1c1ccccn1. The first-order chi connectivity index (χ1) is 13.1. The Hall–Kier alpha value is -2.89. The van der Waals surface area contributed by atoms with Crippen LogP contribution in [-0.4, -0.2) is 36.7 Å². The van der Waals surface area contributed by atoms with Gasteiger partial charge in [-0.15, -0.1) is 0 Å². The van der Waals surface area contributed by atoms with Crippen molar-refractivity contribution < 1.29 is 4.79 Å². The third-order valence-corrected chi connectivity index (χ3v) is 5.57. The second-order valence-corrected chi connectivity index (χ2v) is 7.14. The summed E-state index contributed by atoms with van der Waals surface area (Å²) in [5.41, 5.74) is 5.37. The molecular formula is C21H25N5O. The topological polar surface area (TPSA) is 56.0 Å². The molecule has 4 heterocycles. The number of fused-ring (bicyclic) bond motifs is 1. The molecule has 0 bridgehead atoms. The summed E-state index contributed by atoms with van der Waals surface area (Å²) in [6.45, 7) is 5.59. The molecule has 6 nitrogen and oxygen atoms in total. The Morgan fingerprint density at radius 3 is 2.74 bits per heavy atom. The summed E-state index contributed by atoms with van der Waals surface area (Å²) in [6.07, 6.45) is 5.08. The molecule has 0 saturated carbocycles. The number of hydrogen-bond acceptors (Lipinski definition) is 3. The Labute approximate surface area is 159 Å². The van der Waals surface area contributed by atoms with Crippen molar-refractivity contribution >= 4 is 5.91 Å². The molecule has 3 aromatic rings. The van der Waals surface area contributed by atoms with Gasteiger partial charge >= 0.3 is 0 Å². The molecule has 3 aromatic heterocycles. The monoisotopic (exact) mass is 363 g/mol. The van der Waals surface area contributed by atoms with E-state index in [-0.39, 0.29) is 11.9 Å².